The molecule has 0 aliphatic heterocycles. The van der Waals surface area contributed by atoms with E-state index in [0.717, 1.165) is 0 Å². The summed E-state index contributed by atoms with van der Waals surface area (Å²) < 4.78 is 30.3. The third kappa shape index (κ3) is 2.24. The Morgan fingerprint density at radius 2 is 2.00 bits per heavy atom. The van der Waals surface area contributed by atoms with E-state index in [2.05, 4.69) is 4.43 Å². The summed E-state index contributed by atoms with van der Waals surface area (Å²) in [6.07, 6.45) is -2.00. The topological polar surface area (TPSA) is 46.5 Å². The van der Waals surface area contributed by atoms with Crippen LogP contribution in [0.3, 0.4) is 0 Å². The normalized spacial score (nSPS) is 15.1. The minimum absolute atomic E-state index is 0.0141. The highest BCUT2D eigenvalue weighted by Gasteiger charge is 2.47. The lowest BCUT2D eigenvalue weighted by Gasteiger charge is -2.25. The second kappa shape index (κ2) is 3.95. The standard InChI is InChI=1S/C6H12F2O3Si/c1-3(2)6(7,8)4(11-12)5(9)10/h3-4H,1-2,12H3,(H,9,10). The molecule has 0 saturated heterocycles. The van der Waals surface area contributed by atoms with Gasteiger partial charge >= 0.3 is 5.97 Å². The molecule has 0 aromatic heterocycles. The highest BCUT2D eigenvalue weighted by molar-refractivity contribution is 5.99. The molecule has 1 N–H and O–H groups in total. The summed E-state index contributed by atoms with van der Waals surface area (Å²) in [5.41, 5.74) is 0. The van der Waals surface area contributed by atoms with Gasteiger partial charge in [-0.15, -0.1) is 0 Å². The molecule has 3 nitrogen and oxygen atoms in total. The zero-order valence-electron chi connectivity index (χ0n) is 7.17. The highest BCUT2D eigenvalue weighted by atomic mass is 28.2. The van der Waals surface area contributed by atoms with E-state index in [1.165, 1.54) is 13.8 Å². The predicted octanol–water partition coefficient (Wildman–Crippen LogP) is 0.0279. The van der Waals surface area contributed by atoms with Crippen LogP contribution in [0.2, 0.25) is 0 Å². The first-order valence-electron chi connectivity index (χ1n) is 3.47. The van der Waals surface area contributed by atoms with Crippen molar-refractivity contribution in [3.05, 3.63) is 0 Å². The number of hydrogen-bond acceptors (Lipinski definition) is 2. The molecule has 6 heteroatoms. The molecule has 1 unspecified atom stereocenters. The summed E-state index contributed by atoms with van der Waals surface area (Å²) in [5, 5.41) is 8.37. The SMILES string of the molecule is CC(C)C(F)(F)C(O[SiH3])C(=O)O. The van der Waals surface area contributed by atoms with Gasteiger partial charge in [0.1, 0.15) is 10.5 Å². The maximum Gasteiger partial charge on any atom is 0.337 e. The van der Waals surface area contributed by atoms with E-state index in [0.29, 0.717) is 0 Å². The zero-order valence-corrected chi connectivity index (χ0v) is 9.17. The number of rotatable bonds is 4. The molecular formula is C6H12F2O3Si. The molecule has 0 aliphatic carbocycles. The van der Waals surface area contributed by atoms with Gasteiger partial charge in [-0.25, -0.2) is 13.6 Å². The van der Waals surface area contributed by atoms with Crippen molar-refractivity contribution in [2.45, 2.75) is 25.9 Å². The van der Waals surface area contributed by atoms with E-state index >= 15 is 0 Å². The van der Waals surface area contributed by atoms with Crippen LogP contribution < -0.4 is 0 Å². The minimum atomic E-state index is -3.30. The summed E-state index contributed by atoms with van der Waals surface area (Å²) in [6, 6.07) is 0. The lowest BCUT2D eigenvalue weighted by molar-refractivity contribution is -0.174. The van der Waals surface area contributed by atoms with Gasteiger partial charge < -0.3 is 9.53 Å². The van der Waals surface area contributed by atoms with Crippen LogP contribution in [-0.2, 0) is 9.22 Å². The molecule has 0 heterocycles. The molecule has 0 saturated carbocycles. The van der Waals surface area contributed by atoms with Gasteiger partial charge in [-0.3, -0.25) is 0 Å². The van der Waals surface area contributed by atoms with Gasteiger partial charge in [-0.1, -0.05) is 13.8 Å². The van der Waals surface area contributed by atoms with Gasteiger partial charge in [0.25, 0.3) is 5.92 Å². The second-order valence-electron chi connectivity index (χ2n) is 2.78. The lowest BCUT2D eigenvalue weighted by Crippen LogP contribution is -2.45. The Hall–Kier alpha value is -0.493. The Kier molecular flexibility index (Phi) is 3.79. The average molecular weight is 198 g/mol. The minimum Gasteiger partial charge on any atom is -0.479 e. The molecule has 0 aliphatic rings. The fourth-order valence-corrected chi connectivity index (χ4v) is 1.24. The van der Waals surface area contributed by atoms with Crippen molar-refractivity contribution in [2.75, 3.05) is 0 Å². The zero-order chi connectivity index (χ0) is 9.94. The highest BCUT2D eigenvalue weighted by Crippen LogP contribution is 2.29. The fraction of sp³-hybridized carbons (Fsp3) is 0.833. The number of carboxylic acid groups (broad SMARTS) is 1. The van der Waals surface area contributed by atoms with Crippen LogP contribution in [0.15, 0.2) is 0 Å². The first kappa shape index (κ1) is 11.5. The quantitative estimate of drug-likeness (QED) is 0.648. The van der Waals surface area contributed by atoms with Crippen LogP contribution in [0.5, 0.6) is 0 Å². The molecule has 0 rings (SSSR count). The van der Waals surface area contributed by atoms with Crippen molar-refractivity contribution in [2.24, 2.45) is 5.92 Å². The smallest absolute Gasteiger partial charge is 0.337 e. The van der Waals surface area contributed by atoms with Crippen LogP contribution in [0, 0.1) is 5.92 Å². The first-order valence-corrected chi connectivity index (χ1v) is 4.29. The Bertz CT molecular complexity index is 172. The molecule has 0 aromatic carbocycles. The Balaban J connectivity index is 4.59. The van der Waals surface area contributed by atoms with Crippen molar-refractivity contribution in [1.29, 1.82) is 0 Å². The number of halogens is 2. The third-order valence-corrected chi connectivity index (χ3v) is 2.05. The van der Waals surface area contributed by atoms with Gasteiger partial charge in [-0.05, 0) is 0 Å². The molecule has 0 spiro atoms. The summed E-state index contributed by atoms with van der Waals surface area (Å²) in [6.45, 7) is 2.52. The van der Waals surface area contributed by atoms with E-state index < -0.39 is 23.9 Å². The van der Waals surface area contributed by atoms with Crippen LogP contribution in [0.4, 0.5) is 8.78 Å². The van der Waals surface area contributed by atoms with Crippen molar-refractivity contribution < 1.29 is 23.1 Å². The van der Waals surface area contributed by atoms with Crippen LogP contribution in [0.25, 0.3) is 0 Å². The second-order valence-corrected chi connectivity index (χ2v) is 3.25. The van der Waals surface area contributed by atoms with Gasteiger partial charge in [0.05, 0.1) is 0 Å². The van der Waals surface area contributed by atoms with Crippen molar-refractivity contribution in [1.82, 2.24) is 0 Å². The van der Waals surface area contributed by atoms with E-state index in [1.54, 1.807) is 0 Å². The third-order valence-electron chi connectivity index (χ3n) is 1.58. The molecule has 0 radical (unpaired) electrons. The largest absolute Gasteiger partial charge is 0.479 e. The van der Waals surface area contributed by atoms with Crippen molar-refractivity contribution >= 4 is 16.5 Å². The first-order chi connectivity index (χ1) is 5.34. The maximum absolute atomic E-state index is 13.0. The number of carbonyl (C=O) groups is 1. The van der Waals surface area contributed by atoms with Crippen LogP contribution >= 0.6 is 0 Å². The molecule has 0 fully saturated rings. The van der Waals surface area contributed by atoms with Crippen LogP contribution in [-0.4, -0.2) is 33.6 Å². The molecule has 0 bridgehead atoms. The van der Waals surface area contributed by atoms with Gasteiger partial charge in [0.2, 0.25) is 6.10 Å². The van der Waals surface area contributed by atoms with E-state index in [4.69, 9.17) is 5.11 Å². The summed E-state index contributed by atoms with van der Waals surface area (Å²) in [4.78, 5) is 10.3. The average Bonchev–Trinajstić information content (AvgIpc) is 1.86. The molecule has 12 heavy (non-hydrogen) atoms. The van der Waals surface area contributed by atoms with Gasteiger partial charge in [0, 0.05) is 5.92 Å². The maximum atomic E-state index is 13.0. The number of hydrogen-bond donors (Lipinski definition) is 1. The van der Waals surface area contributed by atoms with E-state index in [-0.39, 0.29) is 10.5 Å². The number of aliphatic carboxylic acids is 1. The molecule has 1 atom stereocenters. The van der Waals surface area contributed by atoms with Crippen molar-refractivity contribution in [3.63, 3.8) is 0 Å². The Labute approximate surface area is 72.3 Å². The molecule has 0 aromatic rings. The summed E-state index contributed by atoms with van der Waals surface area (Å²) in [7, 11) is -0.0141. The molecular weight excluding hydrogens is 186 g/mol. The van der Waals surface area contributed by atoms with Crippen molar-refractivity contribution in [3.8, 4) is 0 Å². The number of carboxylic acids is 1. The van der Waals surface area contributed by atoms with E-state index in [9.17, 15) is 13.6 Å². The van der Waals surface area contributed by atoms with Crippen LogP contribution in [0.1, 0.15) is 13.8 Å². The summed E-state index contributed by atoms with van der Waals surface area (Å²) in [5.74, 6) is -5.94. The molecule has 72 valence electrons. The monoisotopic (exact) mass is 198 g/mol. The number of alkyl halides is 2. The molecule has 0 amide bonds. The Morgan fingerprint density at radius 1 is 1.58 bits per heavy atom. The summed E-state index contributed by atoms with van der Waals surface area (Å²) >= 11 is 0. The Morgan fingerprint density at radius 3 is 2.08 bits per heavy atom. The van der Waals surface area contributed by atoms with Gasteiger partial charge in [0.15, 0.2) is 0 Å². The predicted molar refractivity (Wildman–Crippen MR) is 42.2 cm³/mol. The van der Waals surface area contributed by atoms with E-state index in [1.807, 2.05) is 0 Å². The lowest BCUT2D eigenvalue weighted by atomic mass is 10.0. The fourth-order valence-electron chi connectivity index (χ4n) is 0.725. The van der Waals surface area contributed by atoms with Gasteiger partial charge in [-0.2, -0.15) is 0 Å².